The summed E-state index contributed by atoms with van der Waals surface area (Å²) in [5, 5.41) is 6.84. The highest BCUT2D eigenvalue weighted by Crippen LogP contribution is 2.55. The molecule has 6 rings (SSSR count). The number of carbonyl (C=O) groups excluding carboxylic acids is 3. The smallest absolute Gasteiger partial charge is 0.246 e. The van der Waals surface area contributed by atoms with Crippen LogP contribution in [-0.2, 0) is 23.9 Å². The largest absolute Gasteiger partial charge is 0.379 e. The van der Waals surface area contributed by atoms with Gasteiger partial charge in [-0.3, -0.25) is 19.3 Å². The van der Waals surface area contributed by atoms with E-state index in [-0.39, 0.29) is 23.8 Å². The van der Waals surface area contributed by atoms with E-state index in [4.69, 9.17) is 21.1 Å². The first-order valence-corrected chi connectivity index (χ1v) is 15.9. The number of morpholine rings is 1. The van der Waals surface area contributed by atoms with E-state index >= 15 is 0 Å². The summed E-state index contributed by atoms with van der Waals surface area (Å²) in [4.78, 5) is 46.2. The lowest BCUT2D eigenvalue weighted by Crippen LogP contribution is -2.58. The van der Waals surface area contributed by atoms with Gasteiger partial charge < -0.3 is 25.0 Å². The lowest BCUT2D eigenvalue weighted by Gasteiger charge is -2.38. The van der Waals surface area contributed by atoms with E-state index in [2.05, 4.69) is 29.4 Å². The maximum Gasteiger partial charge on any atom is 0.246 e. The first kappa shape index (κ1) is 29.6. The van der Waals surface area contributed by atoms with Crippen LogP contribution in [0.25, 0.3) is 0 Å². The summed E-state index contributed by atoms with van der Waals surface area (Å²) >= 11 is 6.31. The Morgan fingerprint density at radius 3 is 2.67 bits per heavy atom. The van der Waals surface area contributed by atoms with Crippen LogP contribution in [0, 0.1) is 30.6 Å². The number of carbonyl (C=O) groups is 3. The molecule has 2 N–H and O–H groups in total. The van der Waals surface area contributed by atoms with E-state index in [0.717, 1.165) is 50.9 Å². The quantitative estimate of drug-likeness (QED) is 0.445. The van der Waals surface area contributed by atoms with Gasteiger partial charge in [0.2, 0.25) is 17.7 Å². The summed E-state index contributed by atoms with van der Waals surface area (Å²) in [5.41, 5.74) is 0.314. The van der Waals surface area contributed by atoms with Crippen LogP contribution in [0.2, 0.25) is 5.02 Å². The zero-order valence-corrected chi connectivity index (χ0v) is 25.6. The number of rotatable bonds is 8. The molecule has 1 aromatic carbocycles. The SMILES string of the molecule is Cc1ccc(NC(=O)C2C3C=CC4(O3)C2C(=O)N(CCCN2CCOCC2)C4C(=O)NC2CCCC(C)C2C)cc1Cl. The Hall–Kier alpha value is -2.46. The summed E-state index contributed by atoms with van der Waals surface area (Å²) in [7, 11) is 0. The number of fused-ring (bicyclic) bond motifs is 1. The van der Waals surface area contributed by atoms with Gasteiger partial charge in [-0.25, -0.2) is 0 Å². The van der Waals surface area contributed by atoms with Crippen LogP contribution in [0.5, 0.6) is 0 Å². The molecular weight excluding hydrogens is 556 g/mol. The number of likely N-dealkylation sites (tertiary alicyclic amines) is 1. The minimum Gasteiger partial charge on any atom is -0.379 e. The van der Waals surface area contributed by atoms with Crippen LogP contribution in [0.4, 0.5) is 5.69 Å². The van der Waals surface area contributed by atoms with E-state index in [9.17, 15) is 14.4 Å². The average molecular weight is 599 g/mol. The first-order chi connectivity index (χ1) is 20.2. The molecular formula is C32H43ClN4O5. The minimum atomic E-state index is -1.17. The molecule has 0 aromatic heterocycles. The molecule has 3 saturated heterocycles. The molecule has 2 bridgehead atoms. The molecule has 4 fully saturated rings. The number of nitrogens with one attached hydrogen (secondary N) is 2. The van der Waals surface area contributed by atoms with E-state index < -0.39 is 29.6 Å². The van der Waals surface area contributed by atoms with Crippen molar-refractivity contribution in [1.29, 1.82) is 0 Å². The lowest BCUT2D eigenvalue weighted by molar-refractivity contribution is -0.141. The average Bonchev–Trinajstić information content (AvgIpc) is 3.61. The lowest BCUT2D eigenvalue weighted by atomic mass is 9.73. The second-order valence-corrected chi connectivity index (χ2v) is 13.3. The van der Waals surface area contributed by atoms with Gasteiger partial charge in [-0.15, -0.1) is 0 Å². The highest BCUT2D eigenvalue weighted by Gasteiger charge is 2.72. The first-order valence-electron chi connectivity index (χ1n) is 15.5. The van der Waals surface area contributed by atoms with Crippen molar-refractivity contribution in [3.63, 3.8) is 0 Å². The number of anilines is 1. The fraction of sp³-hybridized carbons (Fsp3) is 0.656. The second kappa shape index (κ2) is 11.9. The van der Waals surface area contributed by atoms with Gasteiger partial charge in [-0.1, -0.05) is 56.5 Å². The van der Waals surface area contributed by atoms with Gasteiger partial charge in [0, 0.05) is 42.9 Å². The number of nitrogens with zero attached hydrogens (tertiary/aromatic N) is 2. The predicted molar refractivity (Wildman–Crippen MR) is 160 cm³/mol. The molecule has 3 amide bonds. The Bertz CT molecular complexity index is 1250. The highest BCUT2D eigenvalue weighted by atomic mass is 35.5. The number of amides is 3. The number of aryl methyl sites for hydroxylation is 1. The van der Waals surface area contributed by atoms with Crippen molar-refractivity contribution in [2.75, 3.05) is 44.7 Å². The van der Waals surface area contributed by atoms with Crippen molar-refractivity contribution in [3.8, 4) is 0 Å². The van der Waals surface area contributed by atoms with E-state index in [1.54, 1.807) is 17.0 Å². The zero-order valence-electron chi connectivity index (χ0n) is 24.8. The molecule has 4 heterocycles. The Morgan fingerprint density at radius 2 is 1.90 bits per heavy atom. The molecule has 4 aliphatic heterocycles. The van der Waals surface area contributed by atoms with Crippen LogP contribution >= 0.6 is 11.6 Å². The van der Waals surface area contributed by atoms with Crippen LogP contribution in [0.15, 0.2) is 30.4 Å². The molecule has 228 valence electrons. The number of ether oxygens (including phenoxy) is 2. The molecule has 8 atom stereocenters. The molecule has 10 heteroatoms. The summed E-state index contributed by atoms with van der Waals surface area (Å²) in [5.74, 6) is -1.30. The van der Waals surface area contributed by atoms with Gasteiger partial charge in [-0.05, 0) is 49.3 Å². The number of hydrogen-bond donors (Lipinski definition) is 2. The van der Waals surface area contributed by atoms with Crippen LogP contribution < -0.4 is 10.6 Å². The Morgan fingerprint density at radius 1 is 1.12 bits per heavy atom. The third-order valence-corrected chi connectivity index (χ3v) is 10.8. The van der Waals surface area contributed by atoms with Crippen molar-refractivity contribution in [2.24, 2.45) is 23.7 Å². The molecule has 8 unspecified atom stereocenters. The predicted octanol–water partition coefficient (Wildman–Crippen LogP) is 3.40. The molecule has 0 radical (unpaired) electrons. The van der Waals surface area contributed by atoms with Gasteiger partial charge >= 0.3 is 0 Å². The normalized spacial score (nSPS) is 35.9. The third-order valence-electron chi connectivity index (χ3n) is 10.4. The molecule has 1 aromatic rings. The Balaban J connectivity index is 1.25. The van der Waals surface area contributed by atoms with Gasteiger partial charge in [0.15, 0.2) is 0 Å². The molecule has 1 saturated carbocycles. The van der Waals surface area contributed by atoms with Gasteiger partial charge in [-0.2, -0.15) is 0 Å². The Labute approximate surface area is 253 Å². The highest BCUT2D eigenvalue weighted by molar-refractivity contribution is 6.31. The molecule has 1 spiro atoms. The summed E-state index contributed by atoms with van der Waals surface area (Å²) < 4.78 is 12.0. The van der Waals surface area contributed by atoms with Crippen molar-refractivity contribution in [1.82, 2.24) is 15.1 Å². The summed E-state index contributed by atoms with van der Waals surface area (Å²) in [6.45, 7) is 10.7. The van der Waals surface area contributed by atoms with E-state index in [0.29, 0.717) is 42.3 Å². The number of hydrogen-bond acceptors (Lipinski definition) is 6. The minimum absolute atomic E-state index is 0.0509. The van der Waals surface area contributed by atoms with Gasteiger partial charge in [0.1, 0.15) is 11.6 Å². The fourth-order valence-corrected chi connectivity index (χ4v) is 7.92. The number of benzene rings is 1. The molecule has 1 aliphatic carbocycles. The summed E-state index contributed by atoms with van der Waals surface area (Å²) in [6, 6.07) is 4.59. The Kier molecular flexibility index (Phi) is 8.39. The van der Waals surface area contributed by atoms with Crippen LogP contribution in [0.1, 0.15) is 45.1 Å². The maximum absolute atomic E-state index is 14.2. The van der Waals surface area contributed by atoms with Crippen LogP contribution in [0.3, 0.4) is 0 Å². The van der Waals surface area contributed by atoms with Gasteiger partial charge in [0.25, 0.3) is 0 Å². The third kappa shape index (κ3) is 5.27. The van der Waals surface area contributed by atoms with E-state index in [1.165, 1.54) is 0 Å². The standard InChI is InChI=1S/C32H43ClN4O5/c1-19-6-4-7-24(21(19)3)35-30(39)28-32-11-10-25(42-32)26(29(38)34-22-9-8-20(2)23(33)18-22)27(32)31(40)37(28)13-5-12-36-14-16-41-17-15-36/h8-11,18-19,21,24-28H,4-7,12-17H2,1-3H3,(H,34,38)(H,35,39). The fourth-order valence-electron chi connectivity index (χ4n) is 7.74. The van der Waals surface area contributed by atoms with Crippen molar-refractivity contribution in [2.45, 2.75) is 70.2 Å². The second-order valence-electron chi connectivity index (χ2n) is 12.9. The molecule has 42 heavy (non-hydrogen) atoms. The molecule has 5 aliphatic rings. The van der Waals surface area contributed by atoms with Crippen molar-refractivity contribution in [3.05, 3.63) is 40.9 Å². The molecule has 9 nitrogen and oxygen atoms in total. The number of halogens is 1. The topological polar surface area (TPSA) is 100 Å². The van der Waals surface area contributed by atoms with Crippen molar-refractivity contribution < 1.29 is 23.9 Å². The van der Waals surface area contributed by atoms with Crippen molar-refractivity contribution >= 4 is 35.0 Å². The summed E-state index contributed by atoms with van der Waals surface area (Å²) in [6.07, 6.45) is 7.05. The van der Waals surface area contributed by atoms with Crippen LogP contribution in [-0.4, -0.2) is 90.7 Å². The monoisotopic (exact) mass is 598 g/mol. The van der Waals surface area contributed by atoms with Gasteiger partial charge in [0.05, 0.1) is 31.2 Å². The van der Waals surface area contributed by atoms with E-state index in [1.807, 2.05) is 25.1 Å². The zero-order chi connectivity index (χ0) is 29.6. The maximum atomic E-state index is 14.2.